The lowest BCUT2D eigenvalue weighted by Gasteiger charge is -2.11. The highest BCUT2D eigenvalue weighted by Gasteiger charge is 2.14. The fourth-order valence-electron chi connectivity index (χ4n) is 2.25. The van der Waals surface area contributed by atoms with Gasteiger partial charge in [-0.2, -0.15) is 0 Å². The van der Waals surface area contributed by atoms with Crippen molar-refractivity contribution in [2.75, 3.05) is 26.9 Å². The Labute approximate surface area is 128 Å². The first kappa shape index (κ1) is 16.0. The largest absolute Gasteiger partial charge is 0.494 e. The van der Waals surface area contributed by atoms with Crippen LogP contribution in [0.4, 0.5) is 0 Å². The Hall–Kier alpha value is -2.34. The predicted octanol–water partition coefficient (Wildman–Crippen LogP) is 1.31. The molecule has 0 aliphatic carbocycles. The van der Waals surface area contributed by atoms with E-state index in [9.17, 15) is 9.59 Å². The zero-order chi connectivity index (χ0) is 16.1. The fourth-order valence-corrected chi connectivity index (χ4v) is 2.25. The zero-order valence-corrected chi connectivity index (χ0v) is 13.0. The van der Waals surface area contributed by atoms with Crippen LogP contribution in [-0.4, -0.2) is 37.3 Å². The summed E-state index contributed by atoms with van der Waals surface area (Å²) in [6.07, 6.45) is 1.55. The Balaban J connectivity index is 2.45. The molecule has 1 heterocycles. The van der Waals surface area contributed by atoms with Crippen LogP contribution in [0.1, 0.15) is 17.3 Å². The first-order valence-electron chi connectivity index (χ1n) is 7.11. The maximum Gasteiger partial charge on any atom is 0.256 e. The highest BCUT2D eigenvalue weighted by molar-refractivity contribution is 5.97. The number of carbonyl (C=O) groups is 1. The third-order valence-corrected chi connectivity index (χ3v) is 3.31. The van der Waals surface area contributed by atoms with Gasteiger partial charge in [0.15, 0.2) is 0 Å². The first-order valence-corrected chi connectivity index (χ1v) is 7.11. The van der Waals surface area contributed by atoms with E-state index in [0.29, 0.717) is 30.9 Å². The number of nitrogens with zero attached hydrogens (tertiary/aromatic N) is 1. The summed E-state index contributed by atoms with van der Waals surface area (Å²) in [7, 11) is 3.35. The second-order valence-electron chi connectivity index (χ2n) is 4.84. The number of pyridine rings is 1. The molecule has 2 aromatic rings. The molecule has 0 saturated carbocycles. The molecule has 1 aromatic heterocycles. The van der Waals surface area contributed by atoms with Crippen molar-refractivity contribution in [3.63, 3.8) is 0 Å². The van der Waals surface area contributed by atoms with Crippen molar-refractivity contribution in [2.45, 2.75) is 6.92 Å². The SMILES string of the molecule is CCOc1ccc2c(c1)c(=O)c(C(=O)NCCOC)cn2C. The second-order valence-corrected chi connectivity index (χ2v) is 4.84. The van der Waals surface area contributed by atoms with Gasteiger partial charge in [-0.05, 0) is 25.1 Å². The van der Waals surface area contributed by atoms with Crippen molar-refractivity contribution in [3.05, 3.63) is 40.2 Å². The average Bonchev–Trinajstić information content (AvgIpc) is 2.51. The zero-order valence-electron chi connectivity index (χ0n) is 13.0. The molecule has 0 aliphatic rings. The lowest BCUT2D eigenvalue weighted by Crippen LogP contribution is -2.31. The van der Waals surface area contributed by atoms with Gasteiger partial charge in [-0.1, -0.05) is 0 Å². The van der Waals surface area contributed by atoms with Crippen molar-refractivity contribution in [3.8, 4) is 5.75 Å². The van der Waals surface area contributed by atoms with Gasteiger partial charge in [0.2, 0.25) is 5.43 Å². The minimum atomic E-state index is -0.402. The van der Waals surface area contributed by atoms with Crippen molar-refractivity contribution in [1.29, 1.82) is 0 Å². The predicted molar refractivity (Wildman–Crippen MR) is 84.6 cm³/mol. The Morgan fingerprint density at radius 3 is 2.82 bits per heavy atom. The molecular formula is C16H20N2O4. The number of amides is 1. The molecule has 22 heavy (non-hydrogen) atoms. The number of aryl methyl sites for hydroxylation is 1. The molecule has 6 heteroatoms. The van der Waals surface area contributed by atoms with Gasteiger partial charge in [-0.15, -0.1) is 0 Å². The van der Waals surface area contributed by atoms with E-state index in [2.05, 4.69) is 5.32 Å². The Morgan fingerprint density at radius 2 is 2.14 bits per heavy atom. The highest BCUT2D eigenvalue weighted by atomic mass is 16.5. The minimum absolute atomic E-state index is 0.111. The maximum absolute atomic E-state index is 12.6. The molecule has 0 saturated heterocycles. The van der Waals surface area contributed by atoms with E-state index >= 15 is 0 Å². The molecule has 0 unspecified atom stereocenters. The molecule has 118 valence electrons. The Kier molecular flexibility index (Phi) is 5.16. The Morgan fingerprint density at radius 1 is 1.36 bits per heavy atom. The number of hydrogen-bond donors (Lipinski definition) is 1. The van der Waals surface area contributed by atoms with Crippen LogP contribution in [-0.2, 0) is 11.8 Å². The van der Waals surface area contributed by atoms with Crippen molar-refractivity contribution >= 4 is 16.8 Å². The van der Waals surface area contributed by atoms with E-state index in [4.69, 9.17) is 9.47 Å². The smallest absolute Gasteiger partial charge is 0.256 e. The fraction of sp³-hybridized carbons (Fsp3) is 0.375. The summed E-state index contributed by atoms with van der Waals surface area (Å²) < 4.78 is 12.1. The van der Waals surface area contributed by atoms with E-state index in [0.717, 1.165) is 5.52 Å². The van der Waals surface area contributed by atoms with E-state index in [1.807, 2.05) is 19.1 Å². The average molecular weight is 304 g/mol. The van der Waals surface area contributed by atoms with Crippen molar-refractivity contribution < 1.29 is 14.3 Å². The Bertz CT molecular complexity index is 737. The second kappa shape index (κ2) is 7.09. The van der Waals surface area contributed by atoms with E-state index in [1.54, 1.807) is 31.0 Å². The molecule has 0 fully saturated rings. The van der Waals surface area contributed by atoms with Gasteiger partial charge in [-0.25, -0.2) is 0 Å². The van der Waals surface area contributed by atoms with Gasteiger partial charge < -0.3 is 19.4 Å². The van der Waals surface area contributed by atoms with Crippen LogP contribution < -0.4 is 15.5 Å². The van der Waals surface area contributed by atoms with Crippen molar-refractivity contribution in [1.82, 2.24) is 9.88 Å². The van der Waals surface area contributed by atoms with E-state index in [1.165, 1.54) is 0 Å². The number of hydrogen-bond acceptors (Lipinski definition) is 4. The van der Waals surface area contributed by atoms with Crippen LogP contribution in [0, 0.1) is 0 Å². The van der Waals surface area contributed by atoms with Crippen LogP contribution in [0.3, 0.4) is 0 Å². The number of ether oxygens (including phenoxy) is 2. The maximum atomic E-state index is 12.6. The first-order chi connectivity index (χ1) is 10.6. The molecule has 0 bridgehead atoms. The number of fused-ring (bicyclic) bond motifs is 1. The van der Waals surface area contributed by atoms with E-state index < -0.39 is 5.91 Å². The van der Waals surface area contributed by atoms with Crippen LogP contribution in [0.5, 0.6) is 5.75 Å². The lowest BCUT2D eigenvalue weighted by atomic mass is 10.1. The number of benzene rings is 1. The molecular weight excluding hydrogens is 284 g/mol. The molecule has 0 spiro atoms. The summed E-state index contributed by atoms with van der Waals surface area (Å²) in [5.41, 5.74) is 0.561. The molecule has 1 N–H and O–H groups in total. The van der Waals surface area contributed by atoms with Gasteiger partial charge in [-0.3, -0.25) is 9.59 Å². The van der Waals surface area contributed by atoms with Crippen LogP contribution in [0.25, 0.3) is 10.9 Å². The van der Waals surface area contributed by atoms with E-state index in [-0.39, 0.29) is 11.0 Å². The number of rotatable bonds is 6. The minimum Gasteiger partial charge on any atom is -0.494 e. The van der Waals surface area contributed by atoms with Gasteiger partial charge in [0.05, 0.1) is 24.1 Å². The third-order valence-electron chi connectivity index (χ3n) is 3.31. The summed E-state index contributed by atoms with van der Waals surface area (Å²) in [6.45, 7) is 3.15. The standard InChI is InChI=1S/C16H20N2O4/c1-4-22-11-5-6-14-12(9-11)15(19)13(10-18(14)2)16(20)17-7-8-21-3/h5-6,9-10H,4,7-8H2,1-3H3,(H,17,20). The number of aromatic nitrogens is 1. The number of methoxy groups -OCH3 is 1. The van der Waals surface area contributed by atoms with Gasteiger partial charge in [0.1, 0.15) is 11.3 Å². The molecule has 0 atom stereocenters. The molecule has 2 rings (SSSR count). The van der Waals surface area contributed by atoms with Gasteiger partial charge >= 0.3 is 0 Å². The normalized spacial score (nSPS) is 10.7. The molecule has 1 aromatic carbocycles. The van der Waals surface area contributed by atoms with Crippen molar-refractivity contribution in [2.24, 2.45) is 7.05 Å². The van der Waals surface area contributed by atoms with Crippen LogP contribution in [0.2, 0.25) is 0 Å². The highest BCUT2D eigenvalue weighted by Crippen LogP contribution is 2.18. The number of carbonyl (C=O) groups excluding carboxylic acids is 1. The monoisotopic (exact) mass is 304 g/mol. The van der Waals surface area contributed by atoms with Crippen LogP contribution >= 0.6 is 0 Å². The summed E-state index contributed by atoms with van der Waals surface area (Å²) in [5.74, 6) is 0.213. The topological polar surface area (TPSA) is 69.6 Å². The van der Waals surface area contributed by atoms with Gasteiger partial charge in [0, 0.05) is 26.9 Å². The summed E-state index contributed by atoms with van der Waals surface area (Å²) >= 11 is 0. The molecule has 0 aliphatic heterocycles. The van der Waals surface area contributed by atoms with Gasteiger partial charge in [0.25, 0.3) is 5.91 Å². The van der Waals surface area contributed by atoms with Crippen LogP contribution in [0.15, 0.2) is 29.2 Å². The molecule has 0 radical (unpaired) electrons. The quantitative estimate of drug-likeness (QED) is 0.817. The molecule has 6 nitrogen and oxygen atoms in total. The summed E-state index contributed by atoms with van der Waals surface area (Å²) in [4.78, 5) is 24.7. The lowest BCUT2D eigenvalue weighted by molar-refractivity contribution is 0.0935. The summed E-state index contributed by atoms with van der Waals surface area (Å²) in [5, 5.41) is 3.13. The summed E-state index contributed by atoms with van der Waals surface area (Å²) in [6, 6.07) is 5.30. The third kappa shape index (κ3) is 3.28. The molecule has 1 amide bonds. The number of nitrogens with one attached hydrogen (secondary N) is 1.